The quantitative estimate of drug-likeness (QED) is 0.625. The van der Waals surface area contributed by atoms with E-state index in [9.17, 15) is 14.9 Å². The minimum absolute atomic E-state index is 0.0504. The maximum atomic E-state index is 12.3. The van der Waals surface area contributed by atoms with Crippen molar-refractivity contribution in [2.45, 2.75) is 13.5 Å². The van der Waals surface area contributed by atoms with Crippen LogP contribution in [0.3, 0.4) is 0 Å². The molecule has 0 saturated carbocycles. The highest BCUT2D eigenvalue weighted by Crippen LogP contribution is 2.19. The lowest BCUT2D eigenvalue weighted by Gasteiger charge is -2.19. The van der Waals surface area contributed by atoms with E-state index in [-0.39, 0.29) is 5.76 Å². The summed E-state index contributed by atoms with van der Waals surface area (Å²) in [4.78, 5) is 23.7. The third kappa shape index (κ3) is 3.61. The van der Waals surface area contributed by atoms with Gasteiger partial charge >= 0.3 is 5.88 Å². The second-order valence-electron chi connectivity index (χ2n) is 4.34. The molecular weight excluding hydrogens is 296 g/mol. The molecule has 0 radical (unpaired) electrons. The van der Waals surface area contributed by atoms with Crippen LogP contribution in [-0.4, -0.2) is 22.3 Å². The lowest BCUT2D eigenvalue weighted by Crippen LogP contribution is -2.30. The SMILES string of the molecule is CCN(Cc1cccc(Cl)c1)C(=O)c1ccc([N+](=O)[O-])o1. The highest BCUT2D eigenvalue weighted by Gasteiger charge is 2.21. The fraction of sp³-hybridized carbons (Fsp3) is 0.214. The van der Waals surface area contributed by atoms with Gasteiger partial charge in [-0.2, -0.15) is 0 Å². The van der Waals surface area contributed by atoms with E-state index in [1.165, 1.54) is 17.0 Å². The van der Waals surface area contributed by atoms with Gasteiger partial charge in [0.1, 0.15) is 4.92 Å². The van der Waals surface area contributed by atoms with Gasteiger partial charge < -0.3 is 9.32 Å². The van der Waals surface area contributed by atoms with Crippen molar-refractivity contribution in [2.24, 2.45) is 0 Å². The molecule has 0 aliphatic carbocycles. The summed E-state index contributed by atoms with van der Waals surface area (Å²) in [5.74, 6) is -0.895. The van der Waals surface area contributed by atoms with E-state index in [0.717, 1.165) is 5.56 Å². The van der Waals surface area contributed by atoms with Crippen molar-refractivity contribution in [1.82, 2.24) is 4.90 Å². The van der Waals surface area contributed by atoms with Crippen molar-refractivity contribution in [3.05, 3.63) is 62.9 Å². The van der Waals surface area contributed by atoms with Crippen molar-refractivity contribution in [3.8, 4) is 0 Å². The van der Waals surface area contributed by atoms with E-state index in [2.05, 4.69) is 0 Å². The maximum absolute atomic E-state index is 12.3. The number of rotatable bonds is 5. The Balaban J connectivity index is 2.16. The van der Waals surface area contributed by atoms with Crippen LogP contribution in [0.15, 0.2) is 40.8 Å². The number of benzene rings is 1. The summed E-state index contributed by atoms with van der Waals surface area (Å²) in [6.45, 7) is 2.62. The minimum Gasteiger partial charge on any atom is -0.395 e. The van der Waals surface area contributed by atoms with E-state index in [0.29, 0.717) is 18.1 Å². The molecule has 6 nitrogen and oxygen atoms in total. The molecule has 1 heterocycles. The average Bonchev–Trinajstić information content (AvgIpc) is 2.94. The van der Waals surface area contributed by atoms with Crippen molar-refractivity contribution < 1.29 is 14.1 Å². The Hall–Kier alpha value is -2.34. The summed E-state index contributed by atoms with van der Waals surface area (Å²) in [7, 11) is 0. The number of hydrogen-bond acceptors (Lipinski definition) is 4. The van der Waals surface area contributed by atoms with Gasteiger partial charge in [-0.05, 0) is 30.7 Å². The second-order valence-corrected chi connectivity index (χ2v) is 4.78. The molecular formula is C14H13ClN2O4. The third-order valence-electron chi connectivity index (χ3n) is 2.91. The van der Waals surface area contributed by atoms with Gasteiger partial charge in [0.2, 0.25) is 0 Å². The molecule has 0 saturated heterocycles. The minimum atomic E-state index is -0.677. The van der Waals surface area contributed by atoms with Gasteiger partial charge in [-0.15, -0.1) is 0 Å². The smallest absolute Gasteiger partial charge is 0.395 e. The van der Waals surface area contributed by atoms with E-state index in [4.69, 9.17) is 16.0 Å². The van der Waals surface area contributed by atoms with E-state index >= 15 is 0 Å². The number of hydrogen-bond donors (Lipinski definition) is 0. The number of carbonyl (C=O) groups excluding carboxylic acids is 1. The lowest BCUT2D eigenvalue weighted by atomic mass is 10.2. The first kappa shape index (κ1) is 15.1. The number of furan rings is 1. The molecule has 0 unspecified atom stereocenters. The summed E-state index contributed by atoms with van der Waals surface area (Å²) in [5, 5.41) is 11.2. The first-order valence-electron chi connectivity index (χ1n) is 6.29. The standard InChI is InChI=1S/C14H13ClN2O4/c1-2-16(9-10-4-3-5-11(15)8-10)14(18)12-6-7-13(21-12)17(19)20/h3-8H,2,9H2,1H3. The van der Waals surface area contributed by atoms with Gasteiger partial charge in [0.15, 0.2) is 5.76 Å². The average molecular weight is 309 g/mol. The molecule has 110 valence electrons. The third-order valence-corrected chi connectivity index (χ3v) is 3.15. The van der Waals surface area contributed by atoms with Crippen LogP contribution in [0.1, 0.15) is 23.0 Å². The topological polar surface area (TPSA) is 76.6 Å². The van der Waals surface area contributed by atoms with Gasteiger partial charge in [-0.3, -0.25) is 14.9 Å². The summed E-state index contributed by atoms with van der Waals surface area (Å²) < 4.78 is 4.93. The zero-order valence-corrected chi connectivity index (χ0v) is 12.0. The molecule has 1 amide bonds. The number of halogens is 1. The second kappa shape index (κ2) is 6.41. The Morgan fingerprint density at radius 2 is 2.14 bits per heavy atom. The van der Waals surface area contributed by atoms with E-state index in [1.54, 1.807) is 18.2 Å². The summed E-state index contributed by atoms with van der Waals surface area (Å²) in [6, 6.07) is 9.64. The van der Waals surface area contributed by atoms with Gasteiger partial charge in [-0.25, -0.2) is 0 Å². The Morgan fingerprint density at radius 3 is 2.71 bits per heavy atom. The molecule has 0 atom stereocenters. The molecule has 2 rings (SSSR count). The molecule has 1 aromatic heterocycles. The number of carbonyl (C=O) groups is 1. The molecule has 21 heavy (non-hydrogen) atoms. The number of nitro groups is 1. The highest BCUT2D eigenvalue weighted by molar-refractivity contribution is 6.30. The van der Waals surface area contributed by atoms with Crippen LogP contribution < -0.4 is 0 Å². The number of nitrogens with zero attached hydrogens (tertiary/aromatic N) is 2. The zero-order valence-electron chi connectivity index (χ0n) is 11.3. The Morgan fingerprint density at radius 1 is 1.38 bits per heavy atom. The molecule has 0 aliphatic heterocycles. The predicted octanol–water partition coefficient (Wildman–Crippen LogP) is 3.50. The molecule has 2 aromatic rings. The molecule has 0 spiro atoms. The summed E-state index contributed by atoms with van der Waals surface area (Å²) in [5.41, 5.74) is 0.874. The maximum Gasteiger partial charge on any atom is 0.433 e. The van der Waals surface area contributed by atoms with Gasteiger partial charge in [-0.1, -0.05) is 23.7 Å². The lowest BCUT2D eigenvalue weighted by molar-refractivity contribution is -0.402. The van der Waals surface area contributed by atoms with Gasteiger partial charge in [0, 0.05) is 18.1 Å². The fourth-order valence-electron chi connectivity index (χ4n) is 1.88. The molecule has 0 N–H and O–H groups in total. The molecule has 0 aliphatic rings. The van der Waals surface area contributed by atoms with Crippen LogP contribution >= 0.6 is 11.6 Å². The Labute approximate surface area is 126 Å². The zero-order chi connectivity index (χ0) is 15.4. The van der Waals surface area contributed by atoms with Crippen molar-refractivity contribution in [3.63, 3.8) is 0 Å². The van der Waals surface area contributed by atoms with Crippen molar-refractivity contribution in [2.75, 3.05) is 6.54 Å². The molecule has 1 aromatic carbocycles. The van der Waals surface area contributed by atoms with Crippen LogP contribution in [-0.2, 0) is 6.54 Å². The van der Waals surface area contributed by atoms with Gasteiger partial charge in [0.05, 0.1) is 6.07 Å². The van der Waals surface area contributed by atoms with Gasteiger partial charge in [0.25, 0.3) is 5.91 Å². The largest absolute Gasteiger partial charge is 0.433 e. The van der Waals surface area contributed by atoms with E-state index < -0.39 is 16.7 Å². The van der Waals surface area contributed by atoms with Crippen LogP contribution in [0, 0.1) is 10.1 Å². The molecule has 0 fully saturated rings. The first-order valence-corrected chi connectivity index (χ1v) is 6.67. The molecule has 0 bridgehead atoms. The summed E-state index contributed by atoms with van der Waals surface area (Å²) >= 11 is 5.91. The Kier molecular flexibility index (Phi) is 4.59. The van der Waals surface area contributed by atoms with Crippen LogP contribution in [0.2, 0.25) is 5.02 Å². The predicted molar refractivity (Wildman–Crippen MR) is 77.2 cm³/mol. The van der Waals surface area contributed by atoms with Crippen LogP contribution in [0.25, 0.3) is 0 Å². The fourth-order valence-corrected chi connectivity index (χ4v) is 2.09. The number of amides is 1. The normalized spacial score (nSPS) is 10.4. The van der Waals surface area contributed by atoms with Crippen LogP contribution in [0.5, 0.6) is 0 Å². The van der Waals surface area contributed by atoms with E-state index in [1.807, 2.05) is 13.0 Å². The summed E-state index contributed by atoms with van der Waals surface area (Å²) in [6.07, 6.45) is 0. The molecule has 7 heteroatoms. The van der Waals surface area contributed by atoms with Crippen molar-refractivity contribution in [1.29, 1.82) is 0 Å². The first-order chi connectivity index (χ1) is 10.0. The van der Waals surface area contributed by atoms with Crippen molar-refractivity contribution >= 4 is 23.4 Å². The van der Waals surface area contributed by atoms with Crippen LogP contribution in [0.4, 0.5) is 5.88 Å². The Bertz CT molecular complexity index is 668. The highest BCUT2D eigenvalue weighted by atomic mass is 35.5. The monoisotopic (exact) mass is 308 g/mol.